The summed E-state index contributed by atoms with van der Waals surface area (Å²) in [5.74, 6) is 0. The normalized spacial score (nSPS) is 11.9. The molecule has 9 nitrogen and oxygen atoms in total. The first kappa shape index (κ1) is 18.1. The molecule has 0 aliphatic rings. The molecule has 4 rings (SSSR count). The highest BCUT2D eigenvalue weighted by Gasteiger charge is 2.19. The molecule has 29 heavy (non-hydrogen) atoms. The summed E-state index contributed by atoms with van der Waals surface area (Å²) < 4.78 is 3.78. The van der Waals surface area contributed by atoms with Gasteiger partial charge in [0, 0.05) is 54.7 Å². The van der Waals surface area contributed by atoms with E-state index in [1.54, 1.807) is 36.8 Å². The van der Waals surface area contributed by atoms with Crippen LogP contribution in [-0.2, 0) is 0 Å². The highest BCUT2D eigenvalue weighted by Crippen LogP contribution is 2.29. The van der Waals surface area contributed by atoms with Crippen LogP contribution in [0, 0.1) is 20.2 Å². The number of aromatic nitrogens is 3. The molecule has 1 unspecified atom stereocenters. The summed E-state index contributed by atoms with van der Waals surface area (Å²) in [5.41, 5.74) is 2.66. The monoisotopic (exact) mass is 389 g/mol. The lowest BCUT2D eigenvalue weighted by molar-refractivity contribution is -0.385. The molecule has 0 saturated heterocycles. The predicted molar refractivity (Wildman–Crippen MR) is 105 cm³/mol. The first-order valence-electron chi connectivity index (χ1n) is 8.67. The van der Waals surface area contributed by atoms with Crippen LogP contribution in [0.4, 0.5) is 11.4 Å². The fourth-order valence-electron chi connectivity index (χ4n) is 3.22. The van der Waals surface area contributed by atoms with Gasteiger partial charge in [-0.25, -0.2) is 4.98 Å². The Morgan fingerprint density at radius 1 is 0.793 bits per heavy atom. The SMILES string of the molecule is O=[N+]([O-])c1ccc(C(c2ccn(-c3ccc([N+](=O)[O-])cc3)c2)n2ccnc2)cc1. The van der Waals surface area contributed by atoms with Crippen molar-refractivity contribution < 1.29 is 9.85 Å². The molecule has 0 amide bonds. The van der Waals surface area contributed by atoms with Crippen LogP contribution in [0.2, 0.25) is 0 Å². The lowest BCUT2D eigenvalue weighted by Gasteiger charge is -2.18. The fraction of sp³-hybridized carbons (Fsp3) is 0.0500. The molecule has 9 heteroatoms. The van der Waals surface area contributed by atoms with Gasteiger partial charge < -0.3 is 9.13 Å². The molecular weight excluding hydrogens is 374 g/mol. The second-order valence-electron chi connectivity index (χ2n) is 6.39. The molecule has 2 aromatic heterocycles. The molecule has 0 N–H and O–H groups in total. The number of rotatable bonds is 6. The Labute approximate surface area is 164 Å². The van der Waals surface area contributed by atoms with E-state index in [0.29, 0.717) is 0 Å². The minimum atomic E-state index is -0.436. The molecule has 0 fully saturated rings. The van der Waals surface area contributed by atoms with Gasteiger partial charge in [0.25, 0.3) is 11.4 Å². The van der Waals surface area contributed by atoms with Gasteiger partial charge in [0.15, 0.2) is 0 Å². The van der Waals surface area contributed by atoms with Gasteiger partial charge in [-0.1, -0.05) is 0 Å². The number of nitro groups is 2. The summed E-state index contributed by atoms with van der Waals surface area (Å²) in [7, 11) is 0. The van der Waals surface area contributed by atoms with Crippen LogP contribution in [0.25, 0.3) is 5.69 Å². The van der Waals surface area contributed by atoms with Crippen LogP contribution in [0.15, 0.2) is 85.7 Å². The predicted octanol–water partition coefficient (Wildman–Crippen LogP) is 4.13. The Balaban J connectivity index is 1.71. The second-order valence-corrected chi connectivity index (χ2v) is 6.39. The highest BCUT2D eigenvalue weighted by molar-refractivity contribution is 5.43. The topological polar surface area (TPSA) is 109 Å². The molecule has 0 aliphatic heterocycles. The molecule has 0 bridgehead atoms. The van der Waals surface area contributed by atoms with Gasteiger partial charge in [-0.05, 0) is 41.5 Å². The van der Waals surface area contributed by atoms with Gasteiger partial charge in [0.05, 0.1) is 22.2 Å². The molecule has 0 spiro atoms. The third-order valence-electron chi connectivity index (χ3n) is 4.63. The summed E-state index contributed by atoms with van der Waals surface area (Å²) in [6.45, 7) is 0. The molecule has 144 valence electrons. The Hall–Kier alpha value is -4.27. The van der Waals surface area contributed by atoms with Crippen LogP contribution in [-0.4, -0.2) is 24.0 Å². The van der Waals surface area contributed by atoms with Gasteiger partial charge in [-0.2, -0.15) is 0 Å². The van der Waals surface area contributed by atoms with E-state index in [1.807, 2.05) is 33.8 Å². The average Bonchev–Trinajstić information content (AvgIpc) is 3.42. The molecule has 1 atom stereocenters. The summed E-state index contributed by atoms with van der Waals surface area (Å²) in [6, 6.07) is 14.4. The first-order valence-corrected chi connectivity index (χ1v) is 8.67. The second kappa shape index (κ2) is 7.39. The van der Waals surface area contributed by atoms with Gasteiger partial charge in [0.1, 0.15) is 0 Å². The van der Waals surface area contributed by atoms with Crippen molar-refractivity contribution in [3.63, 3.8) is 0 Å². The third kappa shape index (κ3) is 3.61. The van der Waals surface area contributed by atoms with Crippen molar-refractivity contribution in [2.45, 2.75) is 6.04 Å². The van der Waals surface area contributed by atoms with Gasteiger partial charge in [-0.3, -0.25) is 20.2 Å². The third-order valence-corrected chi connectivity index (χ3v) is 4.63. The van der Waals surface area contributed by atoms with Crippen LogP contribution in [0.1, 0.15) is 17.2 Å². The zero-order valence-electron chi connectivity index (χ0n) is 15.0. The average molecular weight is 389 g/mol. The summed E-state index contributed by atoms with van der Waals surface area (Å²) >= 11 is 0. The number of nitro benzene ring substituents is 2. The Bertz CT molecular complexity index is 1150. The van der Waals surface area contributed by atoms with Crippen molar-refractivity contribution in [1.82, 2.24) is 14.1 Å². The Morgan fingerprint density at radius 2 is 1.41 bits per heavy atom. The van der Waals surface area contributed by atoms with Crippen LogP contribution < -0.4 is 0 Å². The standard InChI is InChI=1S/C20H15N5O4/c26-24(27)18-3-1-15(2-4-18)20(23-12-10-21-14-23)16-9-11-22(13-16)17-5-7-19(8-6-17)25(28)29/h1-14,20H. The maximum atomic E-state index is 11.0. The maximum Gasteiger partial charge on any atom is 0.269 e. The lowest BCUT2D eigenvalue weighted by atomic mass is 10.0. The maximum absolute atomic E-state index is 11.0. The zero-order chi connectivity index (χ0) is 20.4. The van der Waals surface area contributed by atoms with E-state index in [9.17, 15) is 20.2 Å². The number of hydrogen-bond acceptors (Lipinski definition) is 5. The molecule has 0 radical (unpaired) electrons. The Morgan fingerprint density at radius 3 is 1.97 bits per heavy atom. The summed E-state index contributed by atoms with van der Waals surface area (Å²) in [5, 5.41) is 21.8. The van der Waals surface area contributed by atoms with E-state index in [-0.39, 0.29) is 17.4 Å². The molecule has 0 saturated carbocycles. The minimum absolute atomic E-state index is 0.0292. The largest absolute Gasteiger partial charge is 0.326 e. The molecule has 4 aromatic rings. The van der Waals surface area contributed by atoms with Crippen LogP contribution >= 0.6 is 0 Å². The van der Waals surface area contributed by atoms with Crippen molar-refractivity contribution in [2.75, 3.05) is 0 Å². The summed E-state index contributed by atoms with van der Waals surface area (Å²) in [6.07, 6.45) is 8.98. The van der Waals surface area contributed by atoms with E-state index in [0.717, 1.165) is 16.8 Å². The van der Waals surface area contributed by atoms with E-state index in [4.69, 9.17) is 0 Å². The first-order chi connectivity index (χ1) is 14.0. The molecule has 2 heterocycles. The fourth-order valence-corrected chi connectivity index (χ4v) is 3.22. The van der Waals surface area contributed by atoms with E-state index < -0.39 is 9.85 Å². The van der Waals surface area contributed by atoms with Crippen LogP contribution in [0.5, 0.6) is 0 Å². The van der Waals surface area contributed by atoms with Crippen molar-refractivity contribution in [3.05, 3.63) is 117 Å². The highest BCUT2D eigenvalue weighted by atomic mass is 16.6. The molecule has 2 aromatic carbocycles. The number of imidazole rings is 1. The van der Waals surface area contributed by atoms with Crippen molar-refractivity contribution in [2.24, 2.45) is 0 Å². The number of non-ortho nitro benzene ring substituents is 2. The minimum Gasteiger partial charge on any atom is -0.326 e. The van der Waals surface area contributed by atoms with E-state index >= 15 is 0 Å². The van der Waals surface area contributed by atoms with Gasteiger partial charge >= 0.3 is 0 Å². The summed E-state index contributed by atoms with van der Waals surface area (Å²) in [4.78, 5) is 25.0. The number of hydrogen-bond donors (Lipinski definition) is 0. The smallest absolute Gasteiger partial charge is 0.269 e. The van der Waals surface area contributed by atoms with Crippen molar-refractivity contribution in [3.8, 4) is 5.69 Å². The van der Waals surface area contributed by atoms with Crippen molar-refractivity contribution >= 4 is 11.4 Å². The van der Waals surface area contributed by atoms with E-state index in [2.05, 4.69) is 4.98 Å². The van der Waals surface area contributed by atoms with Gasteiger partial charge in [0.2, 0.25) is 0 Å². The molecular formula is C20H15N5O4. The van der Waals surface area contributed by atoms with Crippen LogP contribution in [0.3, 0.4) is 0 Å². The lowest BCUT2D eigenvalue weighted by Crippen LogP contribution is -2.10. The number of nitrogens with zero attached hydrogens (tertiary/aromatic N) is 5. The molecule has 0 aliphatic carbocycles. The van der Waals surface area contributed by atoms with Gasteiger partial charge in [-0.15, -0.1) is 0 Å². The Kier molecular flexibility index (Phi) is 4.62. The number of benzene rings is 2. The van der Waals surface area contributed by atoms with Crippen molar-refractivity contribution in [1.29, 1.82) is 0 Å². The zero-order valence-corrected chi connectivity index (χ0v) is 15.0. The quantitative estimate of drug-likeness (QED) is 0.364. The van der Waals surface area contributed by atoms with E-state index in [1.165, 1.54) is 24.3 Å².